The van der Waals surface area contributed by atoms with Gasteiger partial charge in [-0.2, -0.15) is 0 Å². The summed E-state index contributed by atoms with van der Waals surface area (Å²) in [6.45, 7) is -0.413. The van der Waals surface area contributed by atoms with E-state index < -0.39 is 11.9 Å². The summed E-state index contributed by atoms with van der Waals surface area (Å²) in [6, 6.07) is 0. The number of ether oxygens (including phenoxy) is 1. The van der Waals surface area contributed by atoms with Crippen LogP contribution < -0.4 is 0 Å². The maximum absolute atomic E-state index is 10.4. The molecule has 10 heavy (non-hydrogen) atoms. The van der Waals surface area contributed by atoms with Crippen LogP contribution in [0.25, 0.3) is 0 Å². The van der Waals surface area contributed by atoms with Crippen molar-refractivity contribution in [3.05, 3.63) is 0 Å². The summed E-state index contributed by atoms with van der Waals surface area (Å²) in [5.74, 6) is -1.12. The molecule has 6 heteroatoms. The summed E-state index contributed by atoms with van der Waals surface area (Å²) in [5, 5.41) is 0. The maximum atomic E-state index is 10.4. The van der Waals surface area contributed by atoms with Gasteiger partial charge in [0.1, 0.15) is 13.2 Å². The zero-order valence-corrected chi connectivity index (χ0v) is 5.68. The van der Waals surface area contributed by atoms with Crippen LogP contribution in [0.3, 0.4) is 0 Å². The predicted octanol–water partition coefficient (Wildman–Crippen LogP) is -0.334. The fourth-order valence-corrected chi connectivity index (χ4v) is 0.641. The van der Waals surface area contributed by atoms with Crippen LogP contribution in [-0.4, -0.2) is 25.2 Å². The molecule has 1 saturated heterocycles. The second kappa shape index (κ2) is 3.43. The van der Waals surface area contributed by atoms with Crippen molar-refractivity contribution in [3.63, 3.8) is 0 Å². The van der Waals surface area contributed by atoms with Crippen LogP contribution in [0.5, 0.6) is 0 Å². The SMILES string of the molecule is O=C1COCC(=O)OSO1. The Balaban J connectivity index is 2.34. The first-order chi connectivity index (χ1) is 4.79. The van der Waals surface area contributed by atoms with Crippen molar-refractivity contribution in [2.75, 3.05) is 13.2 Å². The molecule has 5 nitrogen and oxygen atoms in total. The predicted molar refractivity (Wildman–Crippen MR) is 30.6 cm³/mol. The zero-order chi connectivity index (χ0) is 7.40. The lowest BCUT2D eigenvalue weighted by Crippen LogP contribution is -2.19. The van der Waals surface area contributed by atoms with E-state index in [2.05, 4.69) is 13.1 Å². The second-order valence-electron chi connectivity index (χ2n) is 1.47. The van der Waals surface area contributed by atoms with Crippen molar-refractivity contribution in [1.82, 2.24) is 0 Å². The lowest BCUT2D eigenvalue weighted by Gasteiger charge is -2.06. The number of carbonyl (C=O) groups excluding carboxylic acids is 2. The van der Waals surface area contributed by atoms with E-state index in [1.54, 1.807) is 0 Å². The first-order valence-corrected chi connectivity index (χ1v) is 3.10. The van der Waals surface area contributed by atoms with Crippen LogP contribution in [0.4, 0.5) is 0 Å². The standard InChI is InChI=1S/C4H4O5S/c5-3-1-7-2-4(6)9-10-8-3/h1-2H2. The molecular weight excluding hydrogens is 160 g/mol. The van der Waals surface area contributed by atoms with Crippen molar-refractivity contribution < 1.29 is 22.7 Å². The third-order valence-electron chi connectivity index (χ3n) is 0.694. The van der Waals surface area contributed by atoms with Gasteiger partial charge in [-0.3, -0.25) is 0 Å². The van der Waals surface area contributed by atoms with Gasteiger partial charge in [0.05, 0.1) is 0 Å². The van der Waals surface area contributed by atoms with Gasteiger partial charge in [0.2, 0.25) is 0 Å². The van der Waals surface area contributed by atoms with Gasteiger partial charge < -0.3 is 13.1 Å². The van der Waals surface area contributed by atoms with Gasteiger partial charge in [-0.25, -0.2) is 9.59 Å². The Morgan fingerprint density at radius 3 is 2.10 bits per heavy atom. The third kappa shape index (κ3) is 2.24. The zero-order valence-electron chi connectivity index (χ0n) is 4.86. The van der Waals surface area contributed by atoms with Crippen LogP contribution >= 0.6 is 12.3 Å². The van der Waals surface area contributed by atoms with E-state index in [-0.39, 0.29) is 13.2 Å². The summed E-state index contributed by atoms with van der Waals surface area (Å²) in [4.78, 5) is 20.8. The van der Waals surface area contributed by atoms with Gasteiger partial charge in [-0.15, -0.1) is 0 Å². The number of hydrogen-bond donors (Lipinski definition) is 0. The third-order valence-corrected chi connectivity index (χ3v) is 1.20. The van der Waals surface area contributed by atoms with Gasteiger partial charge in [-0.1, -0.05) is 0 Å². The molecule has 1 aliphatic heterocycles. The molecule has 0 unspecified atom stereocenters. The topological polar surface area (TPSA) is 61.8 Å². The average molecular weight is 164 g/mol. The van der Waals surface area contributed by atoms with Crippen molar-refractivity contribution in [2.24, 2.45) is 0 Å². The van der Waals surface area contributed by atoms with Crippen LogP contribution in [0.15, 0.2) is 0 Å². The Labute approximate surface area is 61.0 Å². The fraction of sp³-hybridized carbons (Fsp3) is 0.500. The molecule has 0 atom stereocenters. The van der Waals surface area contributed by atoms with Crippen molar-refractivity contribution in [1.29, 1.82) is 0 Å². The molecule has 1 aliphatic rings. The Hall–Kier alpha value is -0.750. The smallest absolute Gasteiger partial charge is 0.346 e. The van der Waals surface area contributed by atoms with Gasteiger partial charge in [0.15, 0.2) is 0 Å². The molecule has 0 aromatic rings. The van der Waals surface area contributed by atoms with Crippen LogP contribution in [0.2, 0.25) is 0 Å². The van der Waals surface area contributed by atoms with E-state index in [9.17, 15) is 9.59 Å². The van der Waals surface area contributed by atoms with Gasteiger partial charge in [0.25, 0.3) is 12.3 Å². The van der Waals surface area contributed by atoms with Crippen LogP contribution in [-0.2, 0) is 22.7 Å². The Bertz CT molecular complexity index is 126. The Morgan fingerprint density at radius 2 is 1.60 bits per heavy atom. The summed E-state index contributed by atoms with van der Waals surface area (Å²) in [7, 11) is 0. The highest BCUT2D eigenvalue weighted by atomic mass is 32.2. The highest BCUT2D eigenvalue weighted by Crippen LogP contribution is 2.07. The first kappa shape index (κ1) is 7.36. The molecule has 0 amide bonds. The molecule has 0 aromatic heterocycles. The second-order valence-corrected chi connectivity index (χ2v) is 1.94. The molecule has 56 valence electrons. The minimum atomic E-state index is -0.558. The molecule has 0 radical (unpaired) electrons. The van der Waals surface area contributed by atoms with E-state index in [0.29, 0.717) is 12.3 Å². The van der Waals surface area contributed by atoms with Crippen molar-refractivity contribution in [2.45, 2.75) is 0 Å². The molecule has 1 heterocycles. The minimum Gasteiger partial charge on any atom is -0.358 e. The largest absolute Gasteiger partial charge is 0.358 e. The Kier molecular flexibility index (Phi) is 2.52. The quantitative estimate of drug-likeness (QED) is 0.457. The van der Waals surface area contributed by atoms with E-state index in [1.165, 1.54) is 0 Å². The van der Waals surface area contributed by atoms with Crippen molar-refractivity contribution in [3.8, 4) is 0 Å². The minimum absolute atomic E-state index is 0.206. The monoisotopic (exact) mass is 164 g/mol. The highest BCUT2D eigenvalue weighted by Gasteiger charge is 2.13. The van der Waals surface area contributed by atoms with E-state index in [1.807, 2.05) is 0 Å². The lowest BCUT2D eigenvalue weighted by molar-refractivity contribution is -0.148. The number of hydrogen-bond acceptors (Lipinski definition) is 6. The molecule has 1 fully saturated rings. The molecule has 1 rings (SSSR count). The van der Waals surface area contributed by atoms with Gasteiger partial charge >= 0.3 is 11.9 Å². The van der Waals surface area contributed by atoms with Gasteiger partial charge in [-0.05, 0) is 0 Å². The summed E-state index contributed by atoms with van der Waals surface area (Å²) in [6.07, 6.45) is 0. The molecule has 0 N–H and O–H groups in total. The van der Waals surface area contributed by atoms with E-state index >= 15 is 0 Å². The van der Waals surface area contributed by atoms with E-state index in [0.717, 1.165) is 0 Å². The highest BCUT2D eigenvalue weighted by molar-refractivity contribution is 7.90. The maximum Gasteiger partial charge on any atom is 0.346 e. The normalized spacial score (nSPS) is 20.4. The molecule has 0 aliphatic carbocycles. The first-order valence-electron chi connectivity index (χ1n) is 2.43. The lowest BCUT2D eigenvalue weighted by atomic mass is 10.7. The molecule has 0 bridgehead atoms. The van der Waals surface area contributed by atoms with Gasteiger partial charge in [0, 0.05) is 0 Å². The summed E-state index contributed by atoms with van der Waals surface area (Å²) < 4.78 is 13.1. The summed E-state index contributed by atoms with van der Waals surface area (Å²) >= 11 is 0.366. The number of rotatable bonds is 0. The summed E-state index contributed by atoms with van der Waals surface area (Å²) in [5.41, 5.74) is 0. The van der Waals surface area contributed by atoms with E-state index in [4.69, 9.17) is 0 Å². The average Bonchev–Trinajstić information content (AvgIpc) is 1.84. The molecular formula is C4H4O5S. The van der Waals surface area contributed by atoms with Crippen LogP contribution in [0.1, 0.15) is 0 Å². The molecule has 0 spiro atoms. The fourth-order valence-electron chi connectivity index (χ4n) is 0.359. The van der Waals surface area contributed by atoms with Crippen molar-refractivity contribution >= 4 is 24.3 Å². The number of carbonyl (C=O) groups is 2. The van der Waals surface area contributed by atoms with Crippen LogP contribution in [0, 0.1) is 0 Å². The molecule has 0 saturated carbocycles. The Morgan fingerprint density at radius 1 is 1.10 bits per heavy atom. The molecule has 0 aromatic carbocycles.